The van der Waals surface area contributed by atoms with Gasteiger partial charge in [0.15, 0.2) is 0 Å². The van der Waals surface area contributed by atoms with E-state index in [0.717, 1.165) is 22.3 Å². The molecule has 0 saturated carbocycles. The predicted octanol–water partition coefficient (Wildman–Crippen LogP) is 5.04. The van der Waals surface area contributed by atoms with Crippen molar-refractivity contribution < 1.29 is 22.8 Å². The minimum atomic E-state index is -4.58. The van der Waals surface area contributed by atoms with Crippen LogP contribution >= 0.6 is 11.3 Å². The number of para-hydroxylation sites is 1. The van der Waals surface area contributed by atoms with Crippen LogP contribution in [0.3, 0.4) is 0 Å². The van der Waals surface area contributed by atoms with Crippen molar-refractivity contribution in [2.45, 2.75) is 20.0 Å². The molecule has 2 N–H and O–H groups in total. The predicted molar refractivity (Wildman–Crippen MR) is 123 cm³/mol. The van der Waals surface area contributed by atoms with E-state index >= 15 is 0 Å². The molecule has 1 heterocycles. The zero-order valence-corrected chi connectivity index (χ0v) is 18.9. The summed E-state index contributed by atoms with van der Waals surface area (Å²) in [7, 11) is 0. The van der Waals surface area contributed by atoms with Crippen LogP contribution in [0.5, 0.6) is 0 Å². The zero-order valence-electron chi connectivity index (χ0n) is 18.1. The third kappa shape index (κ3) is 6.87. The van der Waals surface area contributed by atoms with Crippen LogP contribution in [0, 0.1) is 6.92 Å². The van der Waals surface area contributed by atoms with Gasteiger partial charge in [-0.05, 0) is 37.7 Å². The first-order valence-electron chi connectivity index (χ1n) is 10.2. The molecule has 1 aromatic heterocycles. The van der Waals surface area contributed by atoms with Crippen LogP contribution in [0.2, 0.25) is 0 Å². The average molecular weight is 477 g/mol. The molecule has 0 bridgehead atoms. The topological polar surface area (TPSA) is 74.3 Å². The van der Waals surface area contributed by atoms with Gasteiger partial charge in [0.1, 0.15) is 0 Å². The number of hydrogen-bond donors (Lipinski definition) is 2. The molecule has 174 valence electrons. The highest BCUT2D eigenvalue weighted by Crippen LogP contribution is 2.34. The Morgan fingerprint density at radius 1 is 1.03 bits per heavy atom. The Bertz CT molecular complexity index is 1130. The van der Waals surface area contributed by atoms with Crippen molar-refractivity contribution in [3.05, 3.63) is 64.5 Å². The molecular weight excluding hydrogens is 453 g/mol. The maximum Gasteiger partial charge on any atom is 0.418 e. The number of aromatic nitrogens is 1. The van der Waals surface area contributed by atoms with Gasteiger partial charge in [0.2, 0.25) is 11.8 Å². The van der Waals surface area contributed by atoms with Crippen molar-refractivity contribution in [1.29, 1.82) is 0 Å². The molecule has 33 heavy (non-hydrogen) atoms. The highest BCUT2D eigenvalue weighted by Gasteiger charge is 2.33. The fourth-order valence-corrected chi connectivity index (χ4v) is 3.79. The largest absolute Gasteiger partial charge is 0.418 e. The van der Waals surface area contributed by atoms with Crippen LogP contribution in [-0.2, 0) is 15.8 Å². The lowest BCUT2D eigenvalue weighted by Gasteiger charge is -2.20. The molecule has 0 atom stereocenters. The summed E-state index contributed by atoms with van der Waals surface area (Å²) in [5, 5.41) is 7.96. The summed E-state index contributed by atoms with van der Waals surface area (Å²) in [5.41, 5.74) is 1.04. The summed E-state index contributed by atoms with van der Waals surface area (Å²) < 4.78 is 39.4. The molecule has 3 rings (SSSR count). The molecule has 0 unspecified atom stereocenters. The van der Waals surface area contributed by atoms with Crippen molar-refractivity contribution in [2.24, 2.45) is 0 Å². The van der Waals surface area contributed by atoms with Crippen molar-refractivity contribution >= 4 is 34.5 Å². The number of thiazole rings is 1. The van der Waals surface area contributed by atoms with Gasteiger partial charge in [-0.3, -0.25) is 14.5 Å². The summed E-state index contributed by atoms with van der Waals surface area (Å²) in [5.74, 6) is -0.978. The van der Waals surface area contributed by atoms with E-state index in [0.29, 0.717) is 12.2 Å². The minimum absolute atomic E-state index is 0.0924. The standard InChI is InChI=1S/C23H23F3N4O2S/c1-3-30(13-22(32)29-19-10-5-4-9-18(19)23(24,25)26)12-21(31)28-17-8-6-7-16(11-17)20-14-33-15(2)27-20/h4-11,14H,3,12-13H2,1-2H3,(H,28,31)(H,29,32). The third-order valence-electron chi connectivity index (χ3n) is 4.75. The Hall–Kier alpha value is -3.24. The lowest BCUT2D eigenvalue weighted by Crippen LogP contribution is -2.38. The van der Waals surface area contributed by atoms with Crippen LogP contribution in [0.4, 0.5) is 24.5 Å². The van der Waals surface area contributed by atoms with Gasteiger partial charge < -0.3 is 10.6 Å². The molecular formula is C23H23F3N4O2S. The Morgan fingerprint density at radius 2 is 1.73 bits per heavy atom. The molecule has 0 aliphatic carbocycles. The number of benzene rings is 2. The first kappa shape index (κ1) is 24.4. The Kier molecular flexibility index (Phi) is 7.83. The maximum absolute atomic E-state index is 13.1. The summed E-state index contributed by atoms with van der Waals surface area (Å²) in [4.78, 5) is 30.8. The number of carbonyl (C=O) groups is 2. The number of nitrogens with one attached hydrogen (secondary N) is 2. The number of halogens is 3. The molecule has 2 aromatic carbocycles. The monoisotopic (exact) mass is 476 g/mol. The molecule has 0 aliphatic rings. The molecule has 10 heteroatoms. The fraction of sp³-hybridized carbons (Fsp3) is 0.261. The van der Waals surface area contributed by atoms with E-state index in [1.165, 1.54) is 34.4 Å². The lowest BCUT2D eigenvalue weighted by molar-refractivity contribution is -0.137. The molecule has 0 fully saturated rings. The molecule has 3 aromatic rings. The highest BCUT2D eigenvalue weighted by molar-refractivity contribution is 7.09. The van der Waals surface area contributed by atoms with Crippen LogP contribution in [0.15, 0.2) is 53.9 Å². The van der Waals surface area contributed by atoms with E-state index in [1.807, 2.05) is 30.5 Å². The fourth-order valence-electron chi connectivity index (χ4n) is 3.17. The Balaban J connectivity index is 1.59. The number of amides is 2. The molecule has 6 nitrogen and oxygen atoms in total. The number of rotatable bonds is 8. The molecule has 0 aliphatic heterocycles. The first-order valence-corrected chi connectivity index (χ1v) is 11.0. The molecule has 0 saturated heterocycles. The van der Waals surface area contributed by atoms with E-state index in [2.05, 4.69) is 15.6 Å². The average Bonchev–Trinajstić information content (AvgIpc) is 3.19. The van der Waals surface area contributed by atoms with E-state index in [9.17, 15) is 22.8 Å². The number of hydrogen-bond acceptors (Lipinski definition) is 5. The van der Waals surface area contributed by atoms with Crippen molar-refractivity contribution in [1.82, 2.24) is 9.88 Å². The van der Waals surface area contributed by atoms with E-state index in [-0.39, 0.29) is 24.7 Å². The number of aryl methyl sites for hydroxylation is 1. The summed E-state index contributed by atoms with van der Waals surface area (Å²) >= 11 is 1.53. The highest BCUT2D eigenvalue weighted by atomic mass is 32.1. The lowest BCUT2D eigenvalue weighted by atomic mass is 10.1. The molecule has 2 amide bonds. The second-order valence-corrected chi connectivity index (χ2v) is 8.34. The third-order valence-corrected chi connectivity index (χ3v) is 5.52. The van der Waals surface area contributed by atoms with Crippen molar-refractivity contribution in [3.8, 4) is 11.3 Å². The summed E-state index contributed by atoms with van der Waals surface area (Å²) in [6.45, 7) is 3.71. The number of nitrogens with zero attached hydrogens (tertiary/aromatic N) is 2. The van der Waals surface area contributed by atoms with Gasteiger partial charge in [0.25, 0.3) is 0 Å². The minimum Gasteiger partial charge on any atom is -0.325 e. The van der Waals surface area contributed by atoms with E-state index in [1.54, 1.807) is 13.0 Å². The first-order chi connectivity index (χ1) is 15.7. The van der Waals surface area contributed by atoms with Gasteiger partial charge in [0.05, 0.1) is 35.0 Å². The van der Waals surface area contributed by atoms with Crippen molar-refractivity contribution in [2.75, 3.05) is 30.3 Å². The van der Waals surface area contributed by atoms with Crippen LogP contribution in [0.1, 0.15) is 17.5 Å². The van der Waals surface area contributed by atoms with Gasteiger partial charge in [-0.15, -0.1) is 11.3 Å². The number of anilines is 2. The second kappa shape index (κ2) is 10.6. The van der Waals surface area contributed by atoms with Gasteiger partial charge in [0, 0.05) is 16.6 Å². The molecule has 0 radical (unpaired) electrons. The Labute approximate surface area is 193 Å². The van der Waals surface area contributed by atoms with Gasteiger partial charge >= 0.3 is 6.18 Å². The number of likely N-dealkylation sites (N-methyl/N-ethyl adjacent to an activating group) is 1. The van der Waals surface area contributed by atoms with Crippen LogP contribution in [-0.4, -0.2) is 41.3 Å². The van der Waals surface area contributed by atoms with Crippen molar-refractivity contribution in [3.63, 3.8) is 0 Å². The number of alkyl halides is 3. The van der Waals surface area contributed by atoms with Gasteiger partial charge in [-0.1, -0.05) is 31.2 Å². The second-order valence-electron chi connectivity index (χ2n) is 7.28. The van der Waals surface area contributed by atoms with Gasteiger partial charge in [-0.25, -0.2) is 4.98 Å². The van der Waals surface area contributed by atoms with Crippen LogP contribution in [0.25, 0.3) is 11.3 Å². The Morgan fingerprint density at radius 3 is 2.36 bits per heavy atom. The summed E-state index contributed by atoms with van der Waals surface area (Å²) in [6, 6.07) is 12.0. The maximum atomic E-state index is 13.1. The number of carbonyl (C=O) groups excluding carboxylic acids is 2. The quantitative estimate of drug-likeness (QED) is 0.478. The van der Waals surface area contributed by atoms with Crippen LogP contribution < -0.4 is 10.6 Å². The SMILES string of the molecule is CCN(CC(=O)Nc1cccc(-c2csc(C)n2)c1)CC(=O)Nc1ccccc1C(F)(F)F. The normalized spacial score (nSPS) is 11.5. The van der Waals surface area contributed by atoms with E-state index < -0.39 is 17.6 Å². The van der Waals surface area contributed by atoms with Gasteiger partial charge in [-0.2, -0.15) is 13.2 Å². The zero-order chi connectivity index (χ0) is 24.0. The smallest absolute Gasteiger partial charge is 0.325 e. The van der Waals surface area contributed by atoms with E-state index in [4.69, 9.17) is 0 Å². The summed E-state index contributed by atoms with van der Waals surface area (Å²) in [6.07, 6.45) is -4.58. The molecule has 0 spiro atoms.